The van der Waals surface area contributed by atoms with Crippen molar-refractivity contribution in [2.24, 2.45) is 0 Å². The molecule has 8 heteroatoms. The molecule has 0 aliphatic heterocycles. The van der Waals surface area contributed by atoms with E-state index in [1.54, 1.807) is 30.3 Å². The van der Waals surface area contributed by atoms with E-state index < -0.39 is 12.0 Å². The Morgan fingerprint density at radius 1 is 0.771 bits per heavy atom. The van der Waals surface area contributed by atoms with E-state index in [4.69, 9.17) is 18.9 Å². The highest BCUT2D eigenvalue weighted by molar-refractivity contribution is 6.01. The van der Waals surface area contributed by atoms with Gasteiger partial charge in [0, 0.05) is 17.4 Å². The SMILES string of the molecule is COC(=O)c1cc(NC(=O)Nc2ccc(OC)c(OC)c2)ccc1OCc1ccc(C(C)C)cc1. The predicted molar refractivity (Wildman–Crippen MR) is 135 cm³/mol. The molecule has 0 heterocycles. The highest BCUT2D eigenvalue weighted by Crippen LogP contribution is 2.30. The Labute approximate surface area is 205 Å². The lowest BCUT2D eigenvalue weighted by Gasteiger charge is -2.14. The Hall–Kier alpha value is -4.20. The molecular weight excluding hydrogens is 448 g/mol. The molecule has 8 nitrogen and oxygen atoms in total. The molecule has 3 aromatic carbocycles. The van der Waals surface area contributed by atoms with Crippen molar-refractivity contribution in [2.75, 3.05) is 32.0 Å². The molecule has 0 unspecified atom stereocenters. The number of urea groups is 1. The maximum absolute atomic E-state index is 12.5. The van der Waals surface area contributed by atoms with Crippen molar-refractivity contribution in [1.29, 1.82) is 0 Å². The molecule has 0 aliphatic rings. The first-order valence-electron chi connectivity index (χ1n) is 11.1. The number of ether oxygens (including phenoxy) is 4. The zero-order valence-corrected chi connectivity index (χ0v) is 20.5. The van der Waals surface area contributed by atoms with Gasteiger partial charge in [-0.25, -0.2) is 9.59 Å². The number of esters is 1. The van der Waals surface area contributed by atoms with E-state index in [0.29, 0.717) is 34.5 Å². The Morgan fingerprint density at radius 3 is 1.94 bits per heavy atom. The second-order valence-electron chi connectivity index (χ2n) is 8.04. The number of benzene rings is 3. The maximum atomic E-state index is 12.5. The van der Waals surface area contributed by atoms with Crippen molar-refractivity contribution >= 4 is 23.4 Å². The van der Waals surface area contributed by atoms with Gasteiger partial charge in [-0.2, -0.15) is 0 Å². The molecule has 0 radical (unpaired) electrons. The van der Waals surface area contributed by atoms with Gasteiger partial charge in [0.15, 0.2) is 11.5 Å². The lowest BCUT2D eigenvalue weighted by Crippen LogP contribution is -2.20. The predicted octanol–water partition coefficient (Wildman–Crippen LogP) is 5.84. The summed E-state index contributed by atoms with van der Waals surface area (Å²) < 4.78 is 21.3. The molecule has 0 aliphatic carbocycles. The zero-order chi connectivity index (χ0) is 25.4. The van der Waals surface area contributed by atoms with Gasteiger partial charge < -0.3 is 29.6 Å². The molecule has 3 aromatic rings. The summed E-state index contributed by atoms with van der Waals surface area (Å²) in [5, 5.41) is 5.43. The van der Waals surface area contributed by atoms with Crippen LogP contribution in [0.15, 0.2) is 60.7 Å². The van der Waals surface area contributed by atoms with E-state index >= 15 is 0 Å². The van der Waals surface area contributed by atoms with Crippen LogP contribution in [0.2, 0.25) is 0 Å². The number of methoxy groups -OCH3 is 3. The zero-order valence-electron chi connectivity index (χ0n) is 20.5. The van der Waals surface area contributed by atoms with Gasteiger partial charge in [-0.15, -0.1) is 0 Å². The number of hydrogen-bond donors (Lipinski definition) is 2. The van der Waals surface area contributed by atoms with E-state index in [1.165, 1.54) is 33.0 Å². The second kappa shape index (κ2) is 11.8. The molecule has 2 amide bonds. The Morgan fingerprint density at radius 2 is 1.37 bits per heavy atom. The number of rotatable bonds is 9. The average molecular weight is 479 g/mol. The number of nitrogens with one attached hydrogen (secondary N) is 2. The molecule has 0 saturated carbocycles. The van der Waals surface area contributed by atoms with Crippen LogP contribution in [0.4, 0.5) is 16.2 Å². The van der Waals surface area contributed by atoms with Crippen LogP contribution in [-0.2, 0) is 11.3 Å². The molecular formula is C27H30N2O6. The standard InChI is InChI=1S/C27H30N2O6/c1-17(2)19-8-6-18(7-9-19)16-35-23-12-10-20(14-22(23)26(30)34-5)28-27(31)29-21-11-13-24(32-3)25(15-21)33-4/h6-15,17H,16H2,1-5H3,(H2,28,29,31). The molecule has 0 bridgehead atoms. The summed E-state index contributed by atoms with van der Waals surface area (Å²) in [7, 11) is 4.34. The summed E-state index contributed by atoms with van der Waals surface area (Å²) >= 11 is 0. The topological polar surface area (TPSA) is 95.1 Å². The van der Waals surface area contributed by atoms with Crippen LogP contribution >= 0.6 is 0 Å². The molecule has 35 heavy (non-hydrogen) atoms. The normalized spacial score (nSPS) is 10.5. The van der Waals surface area contributed by atoms with Crippen molar-refractivity contribution in [3.8, 4) is 17.2 Å². The van der Waals surface area contributed by atoms with Crippen molar-refractivity contribution in [2.45, 2.75) is 26.4 Å². The Kier molecular flexibility index (Phi) is 8.56. The van der Waals surface area contributed by atoms with Crippen LogP contribution in [0.5, 0.6) is 17.2 Å². The van der Waals surface area contributed by atoms with E-state index in [1.807, 2.05) is 12.1 Å². The van der Waals surface area contributed by atoms with Gasteiger partial charge in [0.1, 0.15) is 17.9 Å². The van der Waals surface area contributed by atoms with Gasteiger partial charge in [-0.05, 0) is 47.4 Å². The Balaban J connectivity index is 1.70. The van der Waals surface area contributed by atoms with Crippen molar-refractivity contribution < 1.29 is 28.5 Å². The molecule has 3 rings (SSSR count). The first-order valence-corrected chi connectivity index (χ1v) is 11.1. The number of amides is 2. The van der Waals surface area contributed by atoms with Gasteiger partial charge in [0.2, 0.25) is 0 Å². The lowest BCUT2D eigenvalue weighted by molar-refractivity contribution is 0.0595. The van der Waals surface area contributed by atoms with Crippen LogP contribution in [0.3, 0.4) is 0 Å². The maximum Gasteiger partial charge on any atom is 0.341 e. The molecule has 0 spiro atoms. The van der Waals surface area contributed by atoms with Gasteiger partial charge >= 0.3 is 12.0 Å². The minimum atomic E-state index is -0.570. The van der Waals surface area contributed by atoms with Gasteiger partial charge in [-0.1, -0.05) is 38.1 Å². The van der Waals surface area contributed by atoms with Crippen molar-refractivity contribution in [3.63, 3.8) is 0 Å². The Bertz CT molecular complexity index is 1170. The summed E-state index contributed by atoms with van der Waals surface area (Å²) in [5.74, 6) is 1.26. The third-order valence-corrected chi connectivity index (χ3v) is 5.32. The fourth-order valence-corrected chi connectivity index (χ4v) is 3.37. The smallest absolute Gasteiger partial charge is 0.341 e. The molecule has 0 saturated heterocycles. The van der Waals surface area contributed by atoms with Crippen molar-refractivity contribution in [1.82, 2.24) is 0 Å². The van der Waals surface area contributed by atoms with E-state index in [0.717, 1.165) is 5.56 Å². The van der Waals surface area contributed by atoms with Crippen LogP contribution < -0.4 is 24.8 Å². The number of carbonyl (C=O) groups excluding carboxylic acids is 2. The fraction of sp³-hybridized carbons (Fsp3) is 0.259. The number of hydrogen-bond acceptors (Lipinski definition) is 6. The van der Waals surface area contributed by atoms with Crippen molar-refractivity contribution in [3.05, 3.63) is 77.4 Å². The van der Waals surface area contributed by atoms with Gasteiger partial charge in [0.05, 0.1) is 21.3 Å². The second-order valence-corrected chi connectivity index (χ2v) is 8.04. The summed E-state index contributed by atoms with van der Waals surface area (Å²) in [5.41, 5.74) is 3.33. The average Bonchev–Trinajstić information content (AvgIpc) is 2.87. The van der Waals surface area contributed by atoms with Crippen LogP contribution in [0.1, 0.15) is 41.3 Å². The number of anilines is 2. The minimum Gasteiger partial charge on any atom is -0.493 e. The first-order chi connectivity index (χ1) is 16.8. The third-order valence-electron chi connectivity index (χ3n) is 5.32. The molecule has 0 fully saturated rings. The first kappa shape index (κ1) is 25.4. The highest BCUT2D eigenvalue weighted by Gasteiger charge is 2.16. The summed E-state index contributed by atoms with van der Waals surface area (Å²) in [6.07, 6.45) is 0. The van der Waals surface area contributed by atoms with Gasteiger partial charge in [0.25, 0.3) is 0 Å². The molecule has 0 aromatic heterocycles. The van der Waals surface area contributed by atoms with Crippen LogP contribution in [-0.4, -0.2) is 33.3 Å². The third kappa shape index (κ3) is 6.66. The number of carbonyl (C=O) groups is 2. The molecule has 184 valence electrons. The van der Waals surface area contributed by atoms with Crippen LogP contribution in [0, 0.1) is 0 Å². The summed E-state index contributed by atoms with van der Waals surface area (Å²) in [6.45, 7) is 4.56. The summed E-state index contributed by atoms with van der Waals surface area (Å²) in [6, 6.07) is 17.4. The van der Waals surface area contributed by atoms with E-state index in [2.05, 4.69) is 36.6 Å². The summed E-state index contributed by atoms with van der Waals surface area (Å²) in [4.78, 5) is 24.9. The largest absolute Gasteiger partial charge is 0.493 e. The van der Waals surface area contributed by atoms with Gasteiger partial charge in [-0.3, -0.25) is 0 Å². The molecule has 2 N–H and O–H groups in total. The highest BCUT2D eigenvalue weighted by atomic mass is 16.5. The van der Waals surface area contributed by atoms with E-state index in [9.17, 15) is 9.59 Å². The minimum absolute atomic E-state index is 0.204. The van der Waals surface area contributed by atoms with E-state index in [-0.39, 0.29) is 12.2 Å². The monoisotopic (exact) mass is 478 g/mol. The van der Waals surface area contributed by atoms with Crippen LogP contribution in [0.25, 0.3) is 0 Å². The fourth-order valence-electron chi connectivity index (χ4n) is 3.37. The lowest BCUT2D eigenvalue weighted by atomic mass is 10.0. The quantitative estimate of drug-likeness (QED) is 0.375. The molecule has 0 atom stereocenters.